The quantitative estimate of drug-likeness (QED) is 0.557. The van der Waals surface area contributed by atoms with E-state index in [0.717, 1.165) is 30.2 Å². The van der Waals surface area contributed by atoms with Crippen LogP contribution in [0.25, 0.3) is 11.1 Å². The number of aryl methyl sites for hydroxylation is 1. The van der Waals surface area contributed by atoms with E-state index in [1.807, 2.05) is 19.1 Å². The van der Waals surface area contributed by atoms with Crippen molar-refractivity contribution in [3.05, 3.63) is 41.3 Å². The van der Waals surface area contributed by atoms with E-state index >= 15 is 0 Å². The zero-order valence-electron chi connectivity index (χ0n) is 18.8. The molecule has 2 saturated heterocycles. The number of carbonyl (C=O) groups is 1. The van der Waals surface area contributed by atoms with Crippen LogP contribution in [-0.2, 0) is 6.42 Å². The summed E-state index contributed by atoms with van der Waals surface area (Å²) in [5, 5.41) is 7.32. The number of fused-ring (bicyclic) bond motifs is 4. The van der Waals surface area contributed by atoms with Gasteiger partial charge in [0.25, 0.3) is 5.91 Å². The lowest BCUT2D eigenvalue weighted by atomic mass is 10.0. The van der Waals surface area contributed by atoms with Gasteiger partial charge in [-0.15, -0.1) is 0 Å². The van der Waals surface area contributed by atoms with E-state index in [0.29, 0.717) is 53.7 Å². The summed E-state index contributed by atoms with van der Waals surface area (Å²) in [6.45, 7) is 6.46. The molecule has 3 aliphatic heterocycles. The maximum absolute atomic E-state index is 12.9. The second-order valence-electron chi connectivity index (χ2n) is 9.56. The fraction of sp³-hybridized carbons (Fsp3) is 0.458. The number of nitrogen functional groups attached to an aromatic ring is 1. The second-order valence-corrected chi connectivity index (χ2v) is 9.56. The third-order valence-electron chi connectivity index (χ3n) is 7.06. The summed E-state index contributed by atoms with van der Waals surface area (Å²) in [7, 11) is 0. The molecule has 2 bridgehead atoms. The minimum atomic E-state index is -0.366. The summed E-state index contributed by atoms with van der Waals surface area (Å²) in [5.41, 5.74) is 8.61. The molecule has 4 atom stereocenters. The Hall–Kier alpha value is -3.33. The van der Waals surface area contributed by atoms with E-state index < -0.39 is 0 Å². The second kappa shape index (κ2) is 7.62. The highest BCUT2D eigenvalue weighted by molar-refractivity contribution is 6.04. The zero-order valence-corrected chi connectivity index (χ0v) is 18.8. The fourth-order valence-electron chi connectivity index (χ4n) is 5.29. The van der Waals surface area contributed by atoms with Crippen molar-refractivity contribution in [2.24, 2.45) is 5.92 Å². The third kappa shape index (κ3) is 3.56. The van der Waals surface area contributed by atoms with Gasteiger partial charge in [-0.3, -0.25) is 4.79 Å². The minimum absolute atomic E-state index is 0.0879. The third-order valence-corrected chi connectivity index (χ3v) is 7.06. The van der Waals surface area contributed by atoms with Crippen LogP contribution in [0.2, 0.25) is 0 Å². The van der Waals surface area contributed by atoms with Crippen LogP contribution in [-0.4, -0.2) is 53.7 Å². The maximum atomic E-state index is 12.9. The predicted molar refractivity (Wildman–Crippen MR) is 125 cm³/mol. The molecule has 6 rings (SSSR count). The van der Waals surface area contributed by atoms with E-state index in [1.54, 1.807) is 0 Å². The summed E-state index contributed by atoms with van der Waals surface area (Å²) in [6, 6.07) is 8.64. The lowest BCUT2D eigenvalue weighted by Crippen LogP contribution is -2.52. The average molecular weight is 449 g/mol. The monoisotopic (exact) mass is 448 g/mol. The number of ether oxygens (including phenoxy) is 1. The topological polar surface area (TPSA) is 119 Å². The molecular weight excluding hydrogens is 420 g/mol. The highest BCUT2D eigenvalue weighted by Gasteiger charge is 2.38. The first kappa shape index (κ1) is 20.3. The first-order valence-corrected chi connectivity index (χ1v) is 11.5. The Morgan fingerprint density at radius 2 is 2.12 bits per heavy atom. The highest BCUT2D eigenvalue weighted by Crippen LogP contribution is 2.32. The van der Waals surface area contributed by atoms with E-state index in [2.05, 4.69) is 39.6 Å². The number of aromatic nitrogens is 2. The molecule has 33 heavy (non-hydrogen) atoms. The van der Waals surface area contributed by atoms with Gasteiger partial charge in [0.15, 0.2) is 0 Å². The lowest BCUT2D eigenvalue weighted by Gasteiger charge is -2.35. The molecule has 3 aromatic rings. The number of piperazine rings is 1. The standard InChI is InChI=1S/C24H28N6O3/c1-12-7-15-9-30(10-18(12)27-15)19-6-4-14-8-16(11-32-23(14)29-19)28-22(31)21-20(25)17-5-3-13(2)26-24(17)33-21/h3-6,12,15-16,18,27H,7-11,25H2,1-2H3,(H,28,31)/t12-,15?,16+,18?/m0/s1. The van der Waals surface area contributed by atoms with Gasteiger partial charge in [0.05, 0.1) is 17.1 Å². The van der Waals surface area contributed by atoms with Crippen LogP contribution >= 0.6 is 0 Å². The molecule has 9 nitrogen and oxygen atoms in total. The zero-order chi connectivity index (χ0) is 22.7. The van der Waals surface area contributed by atoms with E-state index in [-0.39, 0.29) is 17.7 Å². The molecule has 0 saturated carbocycles. The molecule has 0 aromatic carbocycles. The van der Waals surface area contributed by atoms with Crippen molar-refractivity contribution in [3.63, 3.8) is 0 Å². The van der Waals surface area contributed by atoms with Crippen LogP contribution in [0.4, 0.5) is 11.5 Å². The smallest absolute Gasteiger partial charge is 0.289 e. The Morgan fingerprint density at radius 1 is 1.24 bits per heavy atom. The molecule has 6 heterocycles. The normalized spacial score (nSPS) is 26.2. The highest BCUT2D eigenvalue weighted by atomic mass is 16.5. The summed E-state index contributed by atoms with van der Waals surface area (Å²) in [5.74, 6) is 2.03. The number of hydrogen-bond donors (Lipinski definition) is 3. The number of rotatable bonds is 3. The van der Waals surface area contributed by atoms with Gasteiger partial charge >= 0.3 is 0 Å². The van der Waals surface area contributed by atoms with E-state index in [9.17, 15) is 4.79 Å². The molecule has 1 amide bonds. The molecule has 0 radical (unpaired) electrons. The van der Waals surface area contributed by atoms with Crippen LogP contribution < -0.4 is 26.0 Å². The minimum Gasteiger partial charge on any atom is -0.475 e. The van der Waals surface area contributed by atoms with Crippen LogP contribution in [0, 0.1) is 12.8 Å². The lowest BCUT2D eigenvalue weighted by molar-refractivity contribution is 0.0889. The number of nitrogens with two attached hydrogens (primary N) is 1. The van der Waals surface area contributed by atoms with Crippen molar-refractivity contribution in [2.75, 3.05) is 30.3 Å². The van der Waals surface area contributed by atoms with Gasteiger partial charge in [-0.25, -0.2) is 4.98 Å². The molecule has 172 valence electrons. The van der Waals surface area contributed by atoms with Crippen LogP contribution in [0.5, 0.6) is 5.88 Å². The summed E-state index contributed by atoms with van der Waals surface area (Å²) < 4.78 is 11.6. The Labute approximate surface area is 191 Å². The van der Waals surface area contributed by atoms with Crippen molar-refractivity contribution in [1.82, 2.24) is 20.6 Å². The van der Waals surface area contributed by atoms with Crippen LogP contribution in [0.15, 0.2) is 28.7 Å². The van der Waals surface area contributed by atoms with Gasteiger partial charge in [-0.1, -0.05) is 6.92 Å². The average Bonchev–Trinajstić information content (AvgIpc) is 3.27. The number of pyridine rings is 2. The number of hydrogen-bond acceptors (Lipinski definition) is 8. The molecule has 3 aromatic heterocycles. The summed E-state index contributed by atoms with van der Waals surface area (Å²) in [4.78, 5) is 24.3. The van der Waals surface area contributed by atoms with E-state index in [4.69, 9.17) is 19.9 Å². The first-order chi connectivity index (χ1) is 15.9. The molecule has 0 aliphatic carbocycles. The van der Waals surface area contributed by atoms with Gasteiger partial charge in [0.1, 0.15) is 12.4 Å². The number of amides is 1. The van der Waals surface area contributed by atoms with Gasteiger partial charge in [-0.05, 0) is 43.5 Å². The Balaban J connectivity index is 1.15. The Morgan fingerprint density at radius 3 is 2.97 bits per heavy atom. The van der Waals surface area contributed by atoms with Gasteiger partial charge in [-0.2, -0.15) is 4.98 Å². The number of anilines is 2. The number of furan rings is 1. The van der Waals surface area contributed by atoms with E-state index in [1.165, 1.54) is 6.42 Å². The number of nitrogens with zero attached hydrogens (tertiary/aromatic N) is 3. The Bertz CT molecular complexity index is 1240. The first-order valence-electron chi connectivity index (χ1n) is 11.5. The number of nitrogens with one attached hydrogen (secondary N) is 2. The van der Waals surface area contributed by atoms with Crippen molar-refractivity contribution in [3.8, 4) is 5.88 Å². The molecule has 4 N–H and O–H groups in total. The Kier molecular flexibility index (Phi) is 4.69. The molecule has 2 fully saturated rings. The van der Waals surface area contributed by atoms with Crippen molar-refractivity contribution >= 4 is 28.5 Å². The largest absolute Gasteiger partial charge is 0.475 e. The molecule has 9 heteroatoms. The summed E-state index contributed by atoms with van der Waals surface area (Å²) in [6.07, 6.45) is 1.85. The molecule has 2 unspecified atom stereocenters. The fourth-order valence-corrected chi connectivity index (χ4v) is 5.29. The maximum Gasteiger partial charge on any atom is 0.289 e. The van der Waals surface area contributed by atoms with Crippen molar-refractivity contribution in [2.45, 2.75) is 44.8 Å². The van der Waals surface area contributed by atoms with Gasteiger partial charge in [0, 0.05) is 42.9 Å². The van der Waals surface area contributed by atoms with Gasteiger partial charge in [0.2, 0.25) is 17.4 Å². The molecule has 3 aliphatic rings. The van der Waals surface area contributed by atoms with Crippen LogP contribution in [0.3, 0.4) is 0 Å². The molecule has 0 spiro atoms. The molecular formula is C24H28N6O3. The van der Waals surface area contributed by atoms with Crippen LogP contribution in [0.1, 0.15) is 35.2 Å². The van der Waals surface area contributed by atoms with Gasteiger partial charge < -0.3 is 30.4 Å². The van der Waals surface area contributed by atoms with Crippen molar-refractivity contribution in [1.29, 1.82) is 0 Å². The van der Waals surface area contributed by atoms with Crippen molar-refractivity contribution < 1.29 is 13.9 Å². The SMILES string of the molecule is Cc1ccc2c(N)c(C(=O)N[C@H]3COc4nc(N5CC6C[C@H](C)C(C5)N6)ccc4C3)oc2n1. The number of carbonyl (C=O) groups excluding carboxylic acids is 1. The summed E-state index contributed by atoms with van der Waals surface area (Å²) >= 11 is 0. The predicted octanol–water partition coefficient (Wildman–Crippen LogP) is 2.03.